The summed E-state index contributed by atoms with van der Waals surface area (Å²) in [6, 6.07) is 11.6. The van der Waals surface area contributed by atoms with Gasteiger partial charge in [-0.2, -0.15) is 0 Å². The first kappa shape index (κ1) is 27.1. The highest BCUT2D eigenvalue weighted by molar-refractivity contribution is 9.09. The number of nitro groups is 1. The van der Waals surface area contributed by atoms with Gasteiger partial charge in [0.15, 0.2) is 0 Å². The van der Waals surface area contributed by atoms with Crippen LogP contribution in [0.1, 0.15) is 50.8 Å². The molecular formula is C24H30BrN3O6S. The van der Waals surface area contributed by atoms with Crippen molar-refractivity contribution < 1.29 is 22.9 Å². The van der Waals surface area contributed by atoms with Crippen LogP contribution in [0.25, 0.3) is 0 Å². The molecule has 2 aromatic carbocycles. The Balaban J connectivity index is 1.92. The molecule has 0 unspecified atom stereocenters. The molecule has 35 heavy (non-hydrogen) atoms. The van der Waals surface area contributed by atoms with Crippen molar-refractivity contribution in [3.63, 3.8) is 0 Å². The number of nitro benzene ring substituents is 1. The number of hydrogen-bond acceptors (Lipinski definition) is 6. The van der Waals surface area contributed by atoms with Crippen molar-refractivity contribution in [1.82, 2.24) is 9.62 Å². The largest absolute Gasteiger partial charge is 0.444 e. The topological polar surface area (TPSA) is 119 Å². The summed E-state index contributed by atoms with van der Waals surface area (Å²) in [6.07, 6.45) is 0.546. The number of non-ortho nitro benzene ring substituents is 1. The van der Waals surface area contributed by atoms with Crippen LogP contribution in [-0.4, -0.2) is 47.3 Å². The first-order chi connectivity index (χ1) is 16.3. The van der Waals surface area contributed by atoms with Crippen molar-refractivity contribution >= 4 is 37.7 Å². The Morgan fingerprint density at radius 1 is 1.17 bits per heavy atom. The Morgan fingerprint density at radius 2 is 1.83 bits per heavy atom. The summed E-state index contributed by atoms with van der Waals surface area (Å²) in [5.74, 6) is 0. The predicted molar refractivity (Wildman–Crippen MR) is 136 cm³/mol. The monoisotopic (exact) mass is 567 g/mol. The summed E-state index contributed by atoms with van der Waals surface area (Å²) in [6.45, 7) is 7.42. The molecule has 190 valence electrons. The molecule has 0 saturated carbocycles. The van der Waals surface area contributed by atoms with Crippen LogP contribution in [0.3, 0.4) is 0 Å². The number of hydrogen-bond donors (Lipinski definition) is 1. The minimum Gasteiger partial charge on any atom is -0.444 e. The van der Waals surface area contributed by atoms with Crippen LogP contribution in [0.15, 0.2) is 53.4 Å². The Kier molecular flexibility index (Phi) is 8.23. The summed E-state index contributed by atoms with van der Waals surface area (Å²) in [5.41, 5.74) is 1.05. The number of amides is 1. The van der Waals surface area contributed by atoms with E-state index in [1.807, 2.05) is 31.2 Å². The van der Waals surface area contributed by atoms with Crippen molar-refractivity contribution in [2.45, 2.75) is 67.9 Å². The summed E-state index contributed by atoms with van der Waals surface area (Å²) < 4.78 is 34.5. The van der Waals surface area contributed by atoms with Crippen molar-refractivity contribution in [3.05, 3.63) is 69.8 Å². The molecule has 1 N–H and O–H groups in total. The van der Waals surface area contributed by atoms with Gasteiger partial charge < -0.3 is 4.74 Å². The average molecular weight is 568 g/mol. The number of carbonyl (C=O) groups excluding carboxylic acids is 1. The van der Waals surface area contributed by atoms with Crippen molar-refractivity contribution in [2.75, 3.05) is 6.54 Å². The van der Waals surface area contributed by atoms with Gasteiger partial charge in [0.1, 0.15) is 5.60 Å². The van der Waals surface area contributed by atoms with Gasteiger partial charge in [0, 0.05) is 29.5 Å². The van der Waals surface area contributed by atoms with Crippen molar-refractivity contribution in [2.24, 2.45) is 0 Å². The van der Waals surface area contributed by atoms with Crippen LogP contribution in [0.4, 0.5) is 10.5 Å². The maximum Gasteiger partial charge on any atom is 0.410 e. The molecule has 0 bridgehead atoms. The van der Waals surface area contributed by atoms with Gasteiger partial charge in [0.25, 0.3) is 5.69 Å². The normalized spacial score (nSPS) is 21.3. The lowest BCUT2D eigenvalue weighted by molar-refractivity contribution is -0.384. The molecule has 3 atom stereocenters. The van der Waals surface area contributed by atoms with Crippen LogP contribution >= 0.6 is 15.9 Å². The van der Waals surface area contributed by atoms with E-state index in [-0.39, 0.29) is 28.0 Å². The second-order valence-corrected chi connectivity index (χ2v) is 12.5. The van der Waals surface area contributed by atoms with Crippen LogP contribution in [-0.2, 0) is 14.8 Å². The highest BCUT2D eigenvalue weighted by atomic mass is 79.9. The number of sulfonamides is 1. The summed E-state index contributed by atoms with van der Waals surface area (Å²) >= 11 is 3.74. The Labute approximate surface area is 214 Å². The zero-order chi connectivity index (χ0) is 26.0. The third-order valence-corrected chi connectivity index (χ3v) is 8.07. The molecule has 1 saturated heterocycles. The van der Waals surface area contributed by atoms with E-state index >= 15 is 0 Å². The second-order valence-electron chi connectivity index (χ2n) is 9.65. The molecule has 1 aliphatic rings. The van der Waals surface area contributed by atoms with E-state index < -0.39 is 32.7 Å². The zero-order valence-electron chi connectivity index (χ0n) is 20.1. The molecule has 1 aliphatic heterocycles. The van der Waals surface area contributed by atoms with Gasteiger partial charge in [-0.3, -0.25) is 15.0 Å². The van der Waals surface area contributed by atoms with Gasteiger partial charge in [-0.25, -0.2) is 17.9 Å². The lowest BCUT2D eigenvalue weighted by atomic mass is 9.99. The molecule has 1 fully saturated rings. The molecule has 2 aromatic rings. The number of likely N-dealkylation sites (tertiary alicyclic amines) is 1. The molecule has 0 radical (unpaired) electrons. The number of carbonyl (C=O) groups is 1. The molecule has 9 nitrogen and oxygen atoms in total. The Bertz CT molecular complexity index is 1180. The van der Waals surface area contributed by atoms with E-state index in [4.69, 9.17) is 4.74 Å². The van der Waals surface area contributed by atoms with E-state index in [2.05, 4.69) is 20.7 Å². The van der Waals surface area contributed by atoms with E-state index in [1.54, 1.807) is 25.7 Å². The molecule has 1 heterocycles. The molecular weight excluding hydrogens is 538 g/mol. The quantitative estimate of drug-likeness (QED) is 0.305. The molecule has 0 aliphatic carbocycles. The number of rotatable bonds is 5. The fourth-order valence-corrected chi connectivity index (χ4v) is 6.15. The van der Waals surface area contributed by atoms with Crippen LogP contribution in [0.5, 0.6) is 0 Å². The fraction of sp³-hybridized carbons (Fsp3) is 0.458. The average Bonchev–Trinajstić information content (AvgIpc) is 2.91. The minimum absolute atomic E-state index is 0.0817. The van der Waals surface area contributed by atoms with Crippen LogP contribution in [0, 0.1) is 17.0 Å². The lowest BCUT2D eigenvalue weighted by Crippen LogP contribution is -2.47. The number of aryl methyl sites for hydroxylation is 1. The number of nitrogens with one attached hydrogen (secondary N) is 1. The first-order valence-electron chi connectivity index (χ1n) is 11.2. The number of benzene rings is 2. The second kappa shape index (κ2) is 10.6. The third kappa shape index (κ3) is 7.02. The zero-order valence-corrected chi connectivity index (χ0v) is 22.5. The maximum atomic E-state index is 13.3. The Morgan fingerprint density at radius 3 is 2.40 bits per heavy atom. The third-order valence-electron chi connectivity index (χ3n) is 5.58. The minimum atomic E-state index is -3.98. The Hall–Kier alpha value is -2.50. The van der Waals surface area contributed by atoms with Gasteiger partial charge in [0.05, 0.1) is 15.9 Å². The summed E-state index contributed by atoms with van der Waals surface area (Å²) in [7, 11) is -3.98. The van der Waals surface area contributed by atoms with Gasteiger partial charge >= 0.3 is 6.09 Å². The summed E-state index contributed by atoms with van der Waals surface area (Å²) in [4.78, 5) is 25.0. The predicted octanol–water partition coefficient (Wildman–Crippen LogP) is 5.09. The lowest BCUT2D eigenvalue weighted by Gasteiger charge is -2.35. The van der Waals surface area contributed by atoms with Crippen LogP contribution < -0.4 is 4.72 Å². The first-order valence-corrected chi connectivity index (χ1v) is 13.6. The molecule has 1 amide bonds. The fourth-order valence-electron chi connectivity index (χ4n) is 4.04. The van der Waals surface area contributed by atoms with E-state index in [1.165, 1.54) is 12.1 Å². The molecule has 0 aromatic heterocycles. The number of alkyl halides is 1. The molecule has 3 rings (SSSR count). The molecule has 0 spiro atoms. The number of halogens is 1. The van der Waals surface area contributed by atoms with Gasteiger partial charge in [-0.15, -0.1) is 0 Å². The standard InChI is InChI=1S/C24H30BrN3O6S/c1-16-6-5-7-17(14-16)22-21(25)13-8-18(15-27(22)23(29)34-24(2,3)4)26-35(32,33)20-11-9-19(10-12-20)28(30)31/h5-7,9-12,14,18,21-22,26H,8,13,15H2,1-4H3/t18-,21+,22-/m1/s1. The SMILES string of the molecule is Cc1cccc([C@@H]2[C@@H](Br)CC[C@@H](NS(=O)(=O)c3ccc([N+](=O)[O-])cc3)CN2C(=O)OC(C)(C)C)c1. The van der Waals surface area contributed by atoms with Crippen LogP contribution in [0.2, 0.25) is 0 Å². The molecule has 11 heteroatoms. The highest BCUT2D eigenvalue weighted by Gasteiger charge is 2.39. The van der Waals surface area contributed by atoms with E-state index in [0.29, 0.717) is 12.8 Å². The van der Waals surface area contributed by atoms with Crippen molar-refractivity contribution in [3.8, 4) is 0 Å². The highest BCUT2D eigenvalue weighted by Crippen LogP contribution is 2.36. The van der Waals surface area contributed by atoms with Gasteiger partial charge in [-0.05, 0) is 58.2 Å². The summed E-state index contributed by atoms with van der Waals surface area (Å²) in [5, 5.41) is 10.9. The van der Waals surface area contributed by atoms with Gasteiger partial charge in [-0.1, -0.05) is 45.8 Å². The maximum absolute atomic E-state index is 13.3. The van der Waals surface area contributed by atoms with E-state index in [0.717, 1.165) is 23.3 Å². The van der Waals surface area contributed by atoms with E-state index in [9.17, 15) is 23.3 Å². The van der Waals surface area contributed by atoms with Crippen molar-refractivity contribution in [1.29, 1.82) is 0 Å². The number of ether oxygens (including phenoxy) is 1. The smallest absolute Gasteiger partial charge is 0.410 e. The number of nitrogens with zero attached hydrogens (tertiary/aromatic N) is 2. The van der Waals surface area contributed by atoms with Gasteiger partial charge in [0.2, 0.25) is 10.0 Å².